The lowest BCUT2D eigenvalue weighted by atomic mass is 9.97. The minimum absolute atomic E-state index is 0.290. The van der Waals surface area contributed by atoms with Crippen LogP contribution in [0.1, 0.15) is 38.3 Å². The van der Waals surface area contributed by atoms with E-state index in [1.807, 2.05) is 12.1 Å². The van der Waals surface area contributed by atoms with Gasteiger partial charge in [0, 0.05) is 18.1 Å². The summed E-state index contributed by atoms with van der Waals surface area (Å²) >= 11 is 0. The summed E-state index contributed by atoms with van der Waals surface area (Å²) in [5, 5.41) is 13.2. The number of aromatic hydroxyl groups is 1. The summed E-state index contributed by atoms with van der Waals surface area (Å²) in [6.07, 6.45) is 2.39. The molecular weight excluding hydrogens is 224 g/mol. The van der Waals surface area contributed by atoms with Crippen LogP contribution in [0.4, 0.5) is 0 Å². The van der Waals surface area contributed by atoms with Gasteiger partial charge in [0.25, 0.3) is 0 Å². The minimum Gasteiger partial charge on any atom is -0.508 e. The Balaban J connectivity index is 1.93. The zero-order valence-electron chi connectivity index (χ0n) is 11.6. The average molecular weight is 248 g/mol. The molecule has 0 saturated carbocycles. The lowest BCUT2D eigenvalue weighted by Crippen LogP contribution is -2.46. The van der Waals surface area contributed by atoms with Gasteiger partial charge in [0.05, 0.1) is 0 Å². The number of piperidine rings is 1. The maximum atomic E-state index is 9.51. The van der Waals surface area contributed by atoms with Gasteiger partial charge < -0.3 is 15.3 Å². The van der Waals surface area contributed by atoms with Crippen LogP contribution >= 0.6 is 0 Å². The Morgan fingerprint density at radius 3 is 2.89 bits per heavy atom. The molecule has 2 N–H and O–H groups in total. The number of phenolic OH excluding ortho intramolecular Hbond substituents is 1. The summed E-state index contributed by atoms with van der Waals surface area (Å²) in [6, 6.07) is 9.04. The van der Waals surface area contributed by atoms with Gasteiger partial charge in [0.2, 0.25) is 0 Å². The first-order chi connectivity index (χ1) is 8.56. The van der Waals surface area contributed by atoms with Crippen LogP contribution < -0.4 is 5.32 Å². The second-order valence-electron chi connectivity index (χ2n) is 5.53. The van der Waals surface area contributed by atoms with Gasteiger partial charge in [-0.2, -0.15) is 0 Å². The maximum Gasteiger partial charge on any atom is 0.115 e. The molecule has 0 spiro atoms. The normalized spacial score (nSPS) is 27.1. The second kappa shape index (κ2) is 5.72. The quantitative estimate of drug-likeness (QED) is 0.863. The smallest absolute Gasteiger partial charge is 0.115 e. The molecule has 2 rings (SSSR count). The number of likely N-dealkylation sites (tertiary alicyclic amines) is 1. The summed E-state index contributed by atoms with van der Waals surface area (Å²) < 4.78 is 0. The van der Waals surface area contributed by atoms with Crippen molar-refractivity contribution >= 4 is 0 Å². The third-order valence-electron chi connectivity index (χ3n) is 4.06. The van der Waals surface area contributed by atoms with Crippen molar-refractivity contribution in [2.45, 2.75) is 44.8 Å². The van der Waals surface area contributed by atoms with Crippen LogP contribution in [-0.4, -0.2) is 35.7 Å². The first-order valence-electron chi connectivity index (χ1n) is 6.81. The van der Waals surface area contributed by atoms with Crippen LogP contribution in [0.2, 0.25) is 0 Å². The van der Waals surface area contributed by atoms with Crippen molar-refractivity contribution in [3.05, 3.63) is 29.8 Å². The van der Waals surface area contributed by atoms with Crippen LogP contribution in [0.3, 0.4) is 0 Å². The molecule has 1 saturated heterocycles. The van der Waals surface area contributed by atoms with E-state index in [1.54, 1.807) is 6.07 Å². The fourth-order valence-electron chi connectivity index (χ4n) is 2.68. The summed E-state index contributed by atoms with van der Waals surface area (Å²) in [6.45, 7) is 5.61. The molecule has 0 aliphatic carbocycles. The van der Waals surface area contributed by atoms with Crippen molar-refractivity contribution in [1.29, 1.82) is 0 Å². The number of hydrogen-bond acceptors (Lipinski definition) is 3. The van der Waals surface area contributed by atoms with Crippen LogP contribution in [0.5, 0.6) is 5.75 Å². The first-order valence-corrected chi connectivity index (χ1v) is 6.81. The Hall–Kier alpha value is -1.06. The van der Waals surface area contributed by atoms with Gasteiger partial charge in [-0.25, -0.2) is 0 Å². The molecule has 3 atom stereocenters. The highest BCUT2D eigenvalue weighted by molar-refractivity contribution is 5.29. The number of hydrogen-bond donors (Lipinski definition) is 2. The van der Waals surface area contributed by atoms with Crippen molar-refractivity contribution in [2.24, 2.45) is 0 Å². The highest BCUT2D eigenvalue weighted by atomic mass is 16.3. The third kappa shape index (κ3) is 3.24. The van der Waals surface area contributed by atoms with E-state index in [2.05, 4.69) is 37.2 Å². The maximum absolute atomic E-state index is 9.51. The largest absolute Gasteiger partial charge is 0.508 e. The third-order valence-corrected chi connectivity index (χ3v) is 4.06. The number of nitrogens with zero attached hydrogens (tertiary/aromatic N) is 1. The highest BCUT2D eigenvalue weighted by Crippen LogP contribution is 2.22. The van der Waals surface area contributed by atoms with Crippen LogP contribution in [-0.2, 0) is 0 Å². The molecular formula is C15H24N2O. The van der Waals surface area contributed by atoms with E-state index >= 15 is 0 Å². The van der Waals surface area contributed by atoms with E-state index in [0.29, 0.717) is 17.8 Å². The van der Waals surface area contributed by atoms with Crippen molar-refractivity contribution in [3.8, 4) is 5.75 Å². The van der Waals surface area contributed by atoms with Crippen molar-refractivity contribution in [1.82, 2.24) is 10.2 Å². The van der Waals surface area contributed by atoms with Crippen LogP contribution in [0, 0.1) is 0 Å². The van der Waals surface area contributed by atoms with E-state index in [0.717, 1.165) is 12.1 Å². The molecule has 0 radical (unpaired) electrons. The summed E-state index contributed by atoms with van der Waals surface area (Å²) in [5.74, 6) is 0.345. The molecule has 1 aliphatic rings. The van der Waals surface area contributed by atoms with Crippen LogP contribution in [0.15, 0.2) is 24.3 Å². The Bertz CT molecular complexity index is 394. The Morgan fingerprint density at radius 1 is 1.44 bits per heavy atom. The molecule has 0 aromatic heterocycles. The Labute approximate surface area is 110 Å². The van der Waals surface area contributed by atoms with E-state index in [4.69, 9.17) is 0 Å². The van der Waals surface area contributed by atoms with Gasteiger partial charge in [-0.05, 0) is 58.0 Å². The van der Waals surface area contributed by atoms with Gasteiger partial charge in [0.1, 0.15) is 5.75 Å². The topological polar surface area (TPSA) is 35.5 Å². The summed E-state index contributed by atoms with van der Waals surface area (Å²) in [5.41, 5.74) is 1.15. The molecule has 1 heterocycles. The van der Waals surface area contributed by atoms with Gasteiger partial charge in [-0.3, -0.25) is 0 Å². The first kappa shape index (κ1) is 13.4. The average Bonchev–Trinajstić information content (AvgIpc) is 2.34. The van der Waals surface area contributed by atoms with Crippen LogP contribution in [0.25, 0.3) is 0 Å². The van der Waals surface area contributed by atoms with E-state index in [9.17, 15) is 5.11 Å². The fraction of sp³-hybridized carbons (Fsp3) is 0.600. The zero-order valence-corrected chi connectivity index (χ0v) is 11.6. The molecule has 1 fully saturated rings. The molecule has 18 heavy (non-hydrogen) atoms. The van der Waals surface area contributed by atoms with Gasteiger partial charge in [-0.1, -0.05) is 12.1 Å². The molecule has 100 valence electrons. The molecule has 0 amide bonds. The molecule has 1 aromatic carbocycles. The van der Waals surface area contributed by atoms with E-state index in [-0.39, 0.29) is 6.04 Å². The second-order valence-corrected chi connectivity index (χ2v) is 5.53. The van der Waals surface area contributed by atoms with Crippen molar-refractivity contribution < 1.29 is 5.11 Å². The fourth-order valence-corrected chi connectivity index (χ4v) is 2.68. The molecule has 3 heteroatoms. The standard InChI is InChI=1S/C15H24N2O/c1-11-9-14(7-8-17(11)3)16-12(2)13-5-4-6-15(18)10-13/h4-6,10-12,14,16,18H,7-9H2,1-3H3. The van der Waals surface area contributed by atoms with Gasteiger partial charge in [-0.15, -0.1) is 0 Å². The molecule has 1 aromatic rings. The predicted octanol–water partition coefficient (Wildman–Crippen LogP) is 2.53. The van der Waals surface area contributed by atoms with Gasteiger partial charge >= 0.3 is 0 Å². The Morgan fingerprint density at radius 2 is 2.22 bits per heavy atom. The summed E-state index contributed by atoms with van der Waals surface area (Å²) in [7, 11) is 2.19. The molecule has 3 unspecified atom stereocenters. The predicted molar refractivity (Wildman–Crippen MR) is 74.8 cm³/mol. The van der Waals surface area contributed by atoms with Crippen molar-refractivity contribution in [2.75, 3.05) is 13.6 Å². The van der Waals surface area contributed by atoms with E-state index < -0.39 is 0 Å². The number of rotatable bonds is 3. The Kier molecular flexibility index (Phi) is 4.25. The van der Waals surface area contributed by atoms with Gasteiger partial charge in [0.15, 0.2) is 0 Å². The molecule has 0 bridgehead atoms. The number of nitrogens with one attached hydrogen (secondary N) is 1. The number of phenols is 1. The monoisotopic (exact) mass is 248 g/mol. The SMILES string of the molecule is CC(NC1CCN(C)C(C)C1)c1cccc(O)c1. The lowest BCUT2D eigenvalue weighted by molar-refractivity contribution is 0.163. The zero-order chi connectivity index (χ0) is 13.1. The number of benzene rings is 1. The molecule has 1 aliphatic heterocycles. The van der Waals surface area contributed by atoms with Crippen molar-refractivity contribution in [3.63, 3.8) is 0 Å². The molecule has 3 nitrogen and oxygen atoms in total. The highest BCUT2D eigenvalue weighted by Gasteiger charge is 2.23. The minimum atomic E-state index is 0.290. The lowest BCUT2D eigenvalue weighted by Gasteiger charge is -2.36. The van der Waals surface area contributed by atoms with E-state index in [1.165, 1.54) is 12.8 Å². The summed E-state index contributed by atoms with van der Waals surface area (Å²) in [4.78, 5) is 2.41.